The molecule has 0 bridgehead atoms. The van der Waals surface area contributed by atoms with E-state index in [1.165, 1.54) is 6.08 Å². The average molecular weight is 399 g/mol. The summed E-state index contributed by atoms with van der Waals surface area (Å²) in [5, 5.41) is 0. The van der Waals surface area contributed by atoms with Crippen molar-refractivity contribution in [3.8, 4) is 0 Å². The van der Waals surface area contributed by atoms with Crippen LogP contribution in [0.1, 0.15) is 16.7 Å². The van der Waals surface area contributed by atoms with E-state index in [9.17, 15) is 13.6 Å². The SMILES string of the molecule is Cc1c(Br)cc2c(c1I)C(F)(F)C(=O)C=C2. The van der Waals surface area contributed by atoms with Crippen molar-refractivity contribution < 1.29 is 13.6 Å². The highest BCUT2D eigenvalue weighted by Crippen LogP contribution is 2.42. The number of benzene rings is 1. The molecule has 0 aromatic heterocycles. The van der Waals surface area contributed by atoms with E-state index >= 15 is 0 Å². The lowest BCUT2D eigenvalue weighted by molar-refractivity contribution is -0.139. The molecule has 1 aliphatic rings. The topological polar surface area (TPSA) is 17.1 Å². The predicted molar refractivity (Wildman–Crippen MR) is 69.5 cm³/mol. The fourth-order valence-corrected chi connectivity index (χ4v) is 3.34. The molecule has 0 heterocycles. The maximum absolute atomic E-state index is 13.7. The second-order valence-electron chi connectivity index (χ2n) is 3.53. The zero-order valence-corrected chi connectivity index (χ0v) is 11.9. The fraction of sp³-hybridized carbons (Fsp3) is 0.182. The number of hydrogen-bond acceptors (Lipinski definition) is 1. The van der Waals surface area contributed by atoms with Crippen LogP contribution in [-0.4, -0.2) is 5.78 Å². The molecule has 84 valence electrons. The van der Waals surface area contributed by atoms with Crippen LogP contribution in [-0.2, 0) is 10.7 Å². The molecule has 0 radical (unpaired) electrons. The van der Waals surface area contributed by atoms with Gasteiger partial charge in [0.05, 0.1) is 0 Å². The second-order valence-corrected chi connectivity index (χ2v) is 5.47. The second kappa shape index (κ2) is 3.87. The number of fused-ring (bicyclic) bond motifs is 1. The van der Waals surface area contributed by atoms with Gasteiger partial charge in [0, 0.05) is 13.6 Å². The first-order chi connectivity index (χ1) is 7.35. The van der Waals surface area contributed by atoms with E-state index in [0.717, 1.165) is 16.1 Å². The highest BCUT2D eigenvalue weighted by atomic mass is 127. The molecule has 0 N–H and O–H groups in total. The number of halogens is 4. The van der Waals surface area contributed by atoms with Crippen LogP contribution >= 0.6 is 38.5 Å². The van der Waals surface area contributed by atoms with Gasteiger partial charge < -0.3 is 0 Å². The van der Waals surface area contributed by atoms with Gasteiger partial charge in [-0.3, -0.25) is 4.79 Å². The van der Waals surface area contributed by atoms with Crippen LogP contribution in [0.25, 0.3) is 6.08 Å². The Kier molecular flexibility index (Phi) is 2.94. The molecular formula is C11H6BrF2IO. The third kappa shape index (κ3) is 1.64. The van der Waals surface area contributed by atoms with Gasteiger partial charge in [-0.05, 0) is 52.8 Å². The Labute approximate surface area is 113 Å². The minimum atomic E-state index is -3.41. The van der Waals surface area contributed by atoms with Crippen molar-refractivity contribution in [3.63, 3.8) is 0 Å². The first-order valence-electron chi connectivity index (χ1n) is 4.45. The zero-order valence-electron chi connectivity index (χ0n) is 8.15. The molecule has 0 saturated heterocycles. The number of carbonyl (C=O) groups is 1. The summed E-state index contributed by atoms with van der Waals surface area (Å²) in [6.07, 6.45) is 2.36. The van der Waals surface area contributed by atoms with Crippen LogP contribution < -0.4 is 0 Å². The molecule has 16 heavy (non-hydrogen) atoms. The van der Waals surface area contributed by atoms with Crippen LogP contribution in [0.15, 0.2) is 16.6 Å². The Hall–Kier alpha value is -0.300. The normalized spacial score (nSPS) is 17.4. The van der Waals surface area contributed by atoms with E-state index < -0.39 is 11.7 Å². The van der Waals surface area contributed by atoms with Gasteiger partial charge in [0.2, 0.25) is 5.78 Å². The van der Waals surface area contributed by atoms with E-state index in [4.69, 9.17) is 0 Å². The summed E-state index contributed by atoms with van der Waals surface area (Å²) >= 11 is 5.16. The molecule has 0 fully saturated rings. The molecule has 1 nitrogen and oxygen atoms in total. The molecule has 2 rings (SSSR count). The van der Waals surface area contributed by atoms with E-state index in [0.29, 0.717) is 9.13 Å². The minimum Gasteiger partial charge on any atom is -0.288 e. The van der Waals surface area contributed by atoms with E-state index in [2.05, 4.69) is 15.9 Å². The maximum atomic E-state index is 13.7. The van der Waals surface area contributed by atoms with Gasteiger partial charge in [0.1, 0.15) is 0 Å². The van der Waals surface area contributed by atoms with E-state index in [1.54, 1.807) is 13.0 Å². The van der Waals surface area contributed by atoms with Gasteiger partial charge >= 0.3 is 5.92 Å². The molecule has 1 aromatic rings. The lowest BCUT2D eigenvalue weighted by Gasteiger charge is -2.23. The fourth-order valence-electron chi connectivity index (χ4n) is 1.58. The summed E-state index contributed by atoms with van der Waals surface area (Å²) in [6.45, 7) is 1.74. The van der Waals surface area contributed by atoms with Gasteiger partial charge in [-0.15, -0.1) is 0 Å². The van der Waals surface area contributed by atoms with Gasteiger partial charge in [-0.25, -0.2) is 0 Å². The van der Waals surface area contributed by atoms with Crippen molar-refractivity contribution in [1.82, 2.24) is 0 Å². The molecule has 1 aromatic carbocycles. The molecule has 1 aliphatic carbocycles. The van der Waals surface area contributed by atoms with Crippen LogP contribution in [0.3, 0.4) is 0 Å². The molecule has 0 atom stereocenters. The summed E-state index contributed by atoms with van der Waals surface area (Å²) in [7, 11) is 0. The number of alkyl halides is 2. The first-order valence-corrected chi connectivity index (χ1v) is 6.32. The smallest absolute Gasteiger partial charge is 0.288 e. The number of hydrogen-bond donors (Lipinski definition) is 0. The Morgan fingerprint density at radius 2 is 2.00 bits per heavy atom. The highest BCUT2D eigenvalue weighted by molar-refractivity contribution is 14.1. The number of rotatable bonds is 0. The summed E-state index contributed by atoms with van der Waals surface area (Å²) < 4.78 is 28.7. The van der Waals surface area contributed by atoms with Crippen LogP contribution in [0, 0.1) is 10.5 Å². The average Bonchev–Trinajstić information content (AvgIpc) is 2.20. The van der Waals surface area contributed by atoms with Crippen molar-refractivity contribution in [2.75, 3.05) is 0 Å². The molecule has 0 aliphatic heterocycles. The molecule has 0 spiro atoms. The third-order valence-electron chi connectivity index (χ3n) is 2.52. The van der Waals surface area contributed by atoms with Gasteiger partial charge in [0.25, 0.3) is 0 Å². The zero-order chi connectivity index (χ0) is 12.1. The van der Waals surface area contributed by atoms with Crippen molar-refractivity contribution in [3.05, 3.63) is 36.9 Å². The molecule has 5 heteroatoms. The standard InChI is InChI=1S/C11H6BrF2IO/c1-5-7(12)4-6-2-3-8(16)11(13,14)9(6)10(5)15/h2-4H,1H3. The Balaban J connectivity index is 2.83. The van der Waals surface area contributed by atoms with Crippen LogP contribution in [0.4, 0.5) is 8.78 Å². The largest absolute Gasteiger partial charge is 0.335 e. The van der Waals surface area contributed by atoms with Crippen molar-refractivity contribution in [1.29, 1.82) is 0 Å². The number of ketones is 1. The van der Waals surface area contributed by atoms with Crippen molar-refractivity contribution >= 4 is 50.4 Å². The Bertz CT molecular complexity index is 523. The predicted octanol–water partition coefficient (Wildman–Crippen LogP) is 4.05. The van der Waals surface area contributed by atoms with Crippen molar-refractivity contribution in [2.45, 2.75) is 12.8 Å². The van der Waals surface area contributed by atoms with Gasteiger partial charge in [-0.1, -0.05) is 22.0 Å². The van der Waals surface area contributed by atoms with Crippen LogP contribution in [0.5, 0.6) is 0 Å². The maximum Gasteiger partial charge on any atom is 0.335 e. The first kappa shape index (κ1) is 12.2. The summed E-state index contributed by atoms with van der Waals surface area (Å²) in [5.41, 5.74) is 0.940. The Morgan fingerprint density at radius 3 is 2.62 bits per heavy atom. The Morgan fingerprint density at radius 1 is 1.38 bits per heavy atom. The monoisotopic (exact) mass is 398 g/mol. The number of carbonyl (C=O) groups excluding carboxylic acids is 1. The quantitative estimate of drug-likeness (QED) is 0.602. The summed E-state index contributed by atoms with van der Waals surface area (Å²) in [6, 6.07) is 1.61. The van der Waals surface area contributed by atoms with E-state index in [-0.39, 0.29) is 5.56 Å². The minimum absolute atomic E-state index is 0.179. The van der Waals surface area contributed by atoms with E-state index in [1.807, 2.05) is 22.6 Å². The molecule has 0 unspecified atom stereocenters. The lowest BCUT2D eigenvalue weighted by Crippen LogP contribution is -2.29. The third-order valence-corrected chi connectivity index (χ3v) is 4.69. The van der Waals surface area contributed by atoms with Gasteiger partial charge in [0.15, 0.2) is 0 Å². The highest BCUT2D eigenvalue weighted by Gasteiger charge is 2.44. The molecule has 0 saturated carbocycles. The summed E-state index contributed by atoms with van der Waals surface area (Å²) in [4.78, 5) is 11.2. The lowest BCUT2D eigenvalue weighted by atomic mass is 9.92. The van der Waals surface area contributed by atoms with Crippen molar-refractivity contribution in [2.24, 2.45) is 0 Å². The molecule has 0 amide bonds. The number of allylic oxidation sites excluding steroid dienone is 1. The summed E-state index contributed by atoms with van der Waals surface area (Å²) in [5.74, 6) is -4.56. The van der Waals surface area contributed by atoms with Crippen LogP contribution in [0.2, 0.25) is 0 Å². The van der Waals surface area contributed by atoms with Gasteiger partial charge in [-0.2, -0.15) is 8.78 Å². The molecular weight excluding hydrogens is 393 g/mol.